The summed E-state index contributed by atoms with van der Waals surface area (Å²) in [5.41, 5.74) is 0.780. The molecule has 112 valence electrons. The van der Waals surface area contributed by atoms with Crippen LogP contribution in [-0.4, -0.2) is 18.8 Å². The smallest absolute Gasteiger partial charge is 0.227 e. The van der Waals surface area contributed by atoms with Crippen LogP contribution in [0.25, 0.3) is 0 Å². The van der Waals surface area contributed by atoms with Gasteiger partial charge in [-0.25, -0.2) is 0 Å². The quantitative estimate of drug-likeness (QED) is 0.929. The van der Waals surface area contributed by atoms with Crippen molar-refractivity contribution in [3.8, 4) is 5.75 Å². The molecule has 2 fully saturated rings. The first kappa shape index (κ1) is 14.1. The molecule has 4 heteroatoms. The molecule has 21 heavy (non-hydrogen) atoms. The fourth-order valence-electron chi connectivity index (χ4n) is 3.61. The van der Waals surface area contributed by atoms with E-state index in [4.69, 9.17) is 4.74 Å². The van der Waals surface area contributed by atoms with Crippen LogP contribution >= 0.6 is 0 Å². The highest BCUT2D eigenvalue weighted by atomic mass is 16.5. The van der Waals surface area contributed by atoms with E-state index in [9.17, 15) is 9.59 Å². The number of anilines is 1. The summed E-state index contributed by atoms with van der Waals surface area (Å²) in [6.45, 7) is 0. The van der Waals surface area contributed by atoms with Crippen molar-refractivity contribution in [1.82, 2.24) is 0 Å². The van der Waals surface area contributed by atoms with Crippen molar-refractivity contribution < 1.29 is 14.3 Å². The third kappa shape index (κ3) is 2.94. The van der Waals surface area contributed by atoms with Crippen molar-refractivity contribution in [1.29, 1.82) is 0 Å². The first-order chi connectivity index (χ1) is 10.2. The summed E-state index contributed by atoms with van der Waals surface area (Å²) >= 11 is 0. The van der Waals surface area contributed by atoms with E-state index in [0.717, 1.165) is 43.5 Å². The molecular formula is C17H21NO3. The lowest BCUT2D eigenvalue weighted by Gasteiger charge is -2.36. The maximum absolute atomic E-state index is 12.4. The first-order valence-corrected chi connectivity index (χ1v) is 7.66. The molecule has 0 radical (unpaired) electrons. The Kier molecular flexibility index (Phi) is 3.95. The topological polar surface area (TPSA) is 55.4 Å². The van der Waals surface area contributed by atoms with Gasteiger partial charge in [-0.1, -0.05) is 6.42 Å². The number of Topliss-reactive ketones (excluding diaryl/α,β-unsaturated/α-hetero) is 1. The Balaban J connectivity index is 1.64. The molecule has 2 bridgehead atoms. The molecule has 2 saturated carbocycles. The Morgan fingerprint density at radius 2 is 1.76 bits per heavy atom. The number of hydrogen-bond acceptors (Lipinski definition) is 3. The van der Waals surface area contributed by atoms with Gasteiger partial charge in [0.15, 0.2) is 0 Å². The van der Waals surface area contributed by atoms with E-state index in [1.807, 2.05) is 24.3 Å². The van der Waals surface area contributed by atoms with Gasteiger partial charge in [-0.05, 0) is 49.9 Å². The van der Waals surface area contributed by atoms with Gasteiger partial charge in [-0.2, -0.15) is 0 Å². The zero-order valence-electron chi connectivity index (χ0n) is 12.3. The largest absolute Gasteiger partial charge is 0.497 e. The monoisotopic (exact) mass is 287 g/mol. The summed E-state index contributed by atoms with van der Waals surface area (Å²) in [5.74, 6) is 1.42. The predicted octanol–water partition coefficient (Wildman–Crippen LogP) is 3.03. The molecule has 1 N–H and O–H groups in total. The fourth-order valence-corrected chi connectivity index (χ4v) is 3.61. The highest BCUT2D eigenvalue weighted by Gasteiger charge is 2.41. The Bertz CT molecular complexity index is 521. The van der Waals surface area contributed by atoms with Crippen molar-refractivity contribution >= 4 is 17.4 Å². The number of carbonyl (C=O) groups excluding carboxylic acids is 2. The molecule has 0 heterocycles. The lowest BCUT2D eigenvalue weighted by Crippen LogP contribution is -2.40. The first-order valence-electron chi connectivity index (χ1n) is 7.66. The van der Waals surface area contributed by atoms with Crippen LogP contribution in [-0.2, 0) is 9.59 Å². The molecule has 0 aromatic heterocycles. The number of rotatable bonds is 3. The van der Waals surface area contributed by atoms with Crippen LogP contribution in [0, 0.1) is 17.8 Å². The molecule has 4 nitrogen and oxygen atoms in total. The minimum Gasteiger partial charge on any atom is -0.497 e. The lowest BCUT2D eigenvalue weighted by molar-refractivity contribution is -0.136. The SMILES string of the molecule is COc1ccc(NC(=O)C2C[C@H]3CCC[C@@H](C2)C3=O)cc1. The van der Waals surface area contributed by atoms with Crippen LogP contribution in [0.5, 0.6) is 5.75 Å². The number of nitrogens with one attached hydrogen (secondary N) is 1. The Hall–Kier alpha value is -1.84. The molecule has 1 aromatic rings. The normalized spacial score (nSPS) is 28.0. The summed E-state index contributed by atoms with van der Waals surface area (Å²) in [7, 11) is 1.62. The number of ketones is 1. The summed E-state index contributed by atoms with van der Waals surface area (Å²) in [4.78, 5) is 24.5. The predicted molar refractivity (Wildman–Crippen MR) is 80.2 cm³/mol. The Morgan fingerprint density at radius 1 is 1.14 bits per heavy atom. The molecule has 2 aliphatic rings. The number of fused-ring (bicyclic) bond motifs is 2. The van der Waals surface area contributed by atoms with Gasteiger partial charge in [-0.3, -0.25) is 9.59 Å². The molecule has 3 rings (SSSR count). The summed E-state index contributed by atoms with van der Waals surface area (Å²) in [5, 5.41) is 2.96. The summed E-state index contributed by atoms with van der Waals surface area (Å²) < 4.78 is 5.10. The van der Waals surface area contributed by atoms with E-state index in [2.05, 4.69) is 5.32 Å². The second kappa shape index (κ2) is 5.88. The molecule has 0 spiro atoms. The fraction of sp³-hybridized carbons (Fsp3) is 0.529. The maximum atomic E-state index is 12.4. The molecule has 3 atom stereocenters. The van der Waals surface area contributed by atoms with E-state index < -0.39 is 0 Å². The maximum Gasteiger partial charge on any atom is 0.227 e. The number of methoxy groups -OCH3 is 1. The van der Waals surface area contributed by atoms with Gasteiger partial charge in [0.25, 0.3) is 0 Å². The number of ether oxygens (including phenoxy) is 1. The van der Waals surface area contributed by atoms with Gasteiger partial charge in [0, 0.05) is 23.4 Å². The number of amides is 1. The number of benzene rings is 1. The van der Waals surface area contributed by atoms with Gasteiger partial charge in [0.05, 0.1) is 7.11 Å². The van der Waals surface area contributed by atoms with Gasteiger partial charge >= 0.3 is 0 Å². The third-order valence-electron chi connectivity index (χ3n) is 4.78. The average Bonchev–Trinajstić information content (AvgIpc) is 2.47. The highest BCUT2D eigenvalue weighted by Crippen LogP contribution is 2.40. The van der Waals surface area contributed by atoms with Crippen molar-refractivity contribution in [2.75, 3.05) is 12.4 Å². The van der Waals surface area contributed by atoms with Crippen LogP contribution < -0.4 is 10.1 Å². The summed E-state index contributed by atoms with van der Waals surface area (Å²) in [6, 6.07) is 7.33. The van der Waals surface area contributed by atoms with Crippen molar-refractivity contribution in [3.05, 3.63) is 24.3 Å². The van der Waals surface area contributed by atoms with Crippen LogP contribution in [0.1, 0.15) is 32.1 Å². The van der Waals surface area contributed by atoms with Crippen molar-refractivity contribution in [3.63, 3.8) is 0 Å². The van der Waals surface area contributed by atoms with E-state index in [0.29, 0.717) is 5.78 Å². The number of hydrogen-bond donors (Lipinski definition) is 1. The van der Waals surface area contributed by atoms with Gasteiger partial charge in [-0.15, -0.1) is 0 Å². The Morgan fingerprint density at radius 3 is 2.33 bits per heavy atom. The Labute approximate surface area is 124 Å². The average molecular weight is 287 g/mol. The van der Waals surface area contributed by atoms with Gasteiger partial charge in [0.1, 0.15) is 11.5 Å². The minimum atomic E-state index is -0.0277. The number of carbonyl (C=O) groups is 2. The second-order valence-electron chi connectivity index (χ2n) is 6.11. The second-order valence-corrected chi connectivity index (χ2v) is 6.11. The molecule has 2 aliphatic carbocycles. The van der Waals surface area contributed by atoms with Gasteiger partial charge < -0.3 is 10.1 Å². The van der Waals surface area contributed by atoms with Crippen LogP contribution in [0.15, 0.2) is 24.3 Å². The van der Waals surface area contributed by atoms with E-state index in [1.165, 1.54) is 0 Å². The van der Waals surface area contributed by atoms with Crippen LogP contribution in [0.3, 0.4) is 0 Å². The van der Waals surface area contributed by atoms with Crippen molar-refractivity contribution in [2.45, 2.75) is 32.1 Å². The van der Waals surface area contributed by atoms with Gasteiger partial charge in [0.2, 0.25) is 5.91 Å². The molecule has 1 unspecified atom stereocenters. The minimum absolute atomic E-state index is 0.0277. The third-order valence-corrected chi connectivity index (χ3v) is 4.78. The molecule has 0 saturated heterocycles. The van der Waals surface area contributed by atoms with Crippen molar-refractivity contribution in [2.24, 2.45) is 17.8 Å². The lowest BCUT2D eigenvalue weighted by atomic mass is 9.67. The van der Waals surface area contributed by atoms with Crippen LogP contribution in [0.2, 0.25) is 0 Å². The molecule has 0 aliphatic heterocycles. The highest BCUT2D eigenvalue weighted by molar-refractivity contribution is 5.95. The zero-order valence-corrected chi connectivity index (χ0v) is 12.3. The standard InChI is InChI=1S/C17H21NO3/c1-21-15-7-5-14(6-8-15)18-17(20)13-9-11-3-2-4-12(10-13)16(11)19/h5-8,11-13H,2-4,9-10H2,1H3,(H,18,20)/t11-,12+,13?. The van der Waals surface area contributed by atoms with Crippen LogP contribution in [0.4, 0.5) is 5.69 Å². The summed E-state index contributed by atoms with van der Waals surface area (Å²) in [6.07, 6.45) is 4.49. The van der Waals surface area contributed by atoms with E-state index in [-0.39, 0.29) is 23.7 Å². The van der Waals surface area contributed by atoms with E-state index in [1.54, 1.807) is 7.11 Å². The van der Waals surface area contributed by atoms with E-state index >= 15 is 0 Å². The molecular weight excluding hydrogens is 266 g/mol. The molecule has 1 amide bonds. The zero-order chi connectivity index (χ0) is 14.8. The molecule has 1 aromatic carbocycles.